The normalized spacial score (nSPS) is 11.3. The van der Waals surface area contributed by atoms with E-state index in [1.54, 1.807) is 16.9 Å². The van der Waals surface area contributed by atoms with Gasteiger partial charge in [0.2, 0.25) is 5.88 Å². The predicted molar refractivity (Wildman–Crippen MR) is 135 cm³/mol. The molecule has 0 unspecified atom stereocenters. The number of sulfonamides is 1. The molecule has 0 aliphatic carbocycles. The van der Waals surface area contributed by atoms with E-state index in [-0.39, 0.29) is 22.3 Å². The Balaban J connectivity index is 1.76. The Labute approximate surface area is 209 Å². The van der Waals surface area contributed by atoms with Crippen LogP contribution in [0.25, 0.3) is 11.3 Å². The highest BCUT2D eigenvalue weighted by Gasteiger charge is 2.25. The van der Waals surface area contributed by atoms with Gasteiger partial charge in [-0.2, -0.15) is 13.5 Å². The summed E-state index contributed by atoms with van der Waals surface area (Å²) in [5.41, 5.74) is 9.54. The zero-order valence-corrected chi connectivity index (χ0v) is 21.1. The number of aromatic nitrogens is 4. The second-order valence-electron chi connectivity index (χ2n) is 8.30. The average molecular weight is 507 g/mol. The van der Waals surface area contributed by atoms with Gasteiger partial charge in [0.15, 0.2) is 5.03 Å². The molecule has 3 aromatic heterocycles. The number of hydrogen-bond acceptors (Lipinski definition) is 8. The lowest BCUT2D eigenvalue weighted by Gasteiger charge is -2.15. The number of nitrogens with two attached hydrogens (primary N) is 1. The van der Waals surface area contributed by atoms with Crippen molar-refractivity contribution in [2.45, 2.75) is 39.3 Å². The number of nitrogens with zero attached hydrogens (tertiary/aromatic N) is 4. The highest BCUT2D eigenvalue weighted by Crippen LogP contribution is 2.32. The number of carbonyl (C=O) groups is 1. The maximum Gasteiger partial charge on any atom is 0.281 e. The van der Waals surface area contributed by atoms with Crippen molar-refractivity contribution in [3.63, 3.8) is 0 Å². The molecule has 1 aromatic carbocycles. The highest BCUT2D eigenvalue weighted by molar-refractivity contribution is 7.90. The minimum absolute atomic E-state index is 0.0123. The lowest BCUT2D eigenvalue weighted by atomic mass is 10.1. The van der Waals surface area contributed by atoms with E-state index in [0.29, 0.717) is 18.0 Å². The predicted octanol–water partition coefficient (Wildman–Crippen LogP) is 3.78. The number of rotatable bonds is 7. The zero-order valence-electron chi connectivity index (χ0n) is 20.3. The first kappa shape index (κ1) is 24.9. The summed E-state index contributed by atoms with van der Waals surface area (Å²) in [6.45, 7) is 8.40. The number of carbonyl (C=O) groups excluding carboxylic acids is 1. The summed E-state index contributed by atoms with van der Waals surface area (Å²) in [6.07, 6.45) is 3.48. The Morgan fingerprint density at radius 2 is 1.81 bits per heavy atom. The van der Waals surface area contributed by atoms with E-state index >= 15 is 0 Å². The Morgan fingerprint density at radius 3 is 2.44 bits per heavy atom. The van der Waals surface area contributed by atoms with Crippen LogP contribution in [0.5, 0.6) is 11.6 Å². The number of nitrogens with one attached hydrogen (secondary N) is 1. The van der Waals surface area contributed by atoms with Crippen LogP contribution in [0.3, 0.4) is 0 Å². The standard InChI is InChI=1S/C25H26N6O4S/c1-5-31-14-18(13-27-31)20-10-9-19(24(32)30-36(33,34)22-8-6-7-21(26)29-22)25(28-20)35-23-16(3)11-15(2)12-17(23)4/h6-14H,5H2,1-4H3,(H2,26,29)(H,30,32). The number of nitrogen functional groups attached to an aromatic ring is 1. The first-order chi connectivity index (χ1) is 17.1. The Hall–Kier alpha value is -4.25. The van der Waals surface area contributed by atoms with Crippen LogP contribution >= 0.6 is 0 Å². The van der Waals surface area contributed by atoms with Crippen LogP contribution < -0.4 is 15.2 Å². The van der Waals surface area contributed by atoms with Crippen LogP contribution in [0, 0.1) is 20.8 Å². The molecular weight excluding hydrogens is 480 g/mol. The molecule has 4 rings (SSSR count). The molecule has 0 aliphatic rings. The lowest BCUT2D eigenvalue weighted by Crippen LogP contribution is -2.31. The Morgan fingerprint density at radius 1 is 1.08 bits per heavy atom. The molecule has 0 aliphatic heterocycles. The maximum atomic E-state index is 13.2. The molecule has 0 bridgehead atoms. The molecule has 0 atom stereocenters. The van der Waals surface area contributed by atoms with Crippen LogP contribution in [0.1, 0.15) is 34.0 Å². The van der Waals surface area contributed by atoms with Gasteiger partial charge in [-0.15, -0.1) is 0 Å². The first-order valence-corrected chi connectivity index (χ1v) is 12.6. The first-order valence-electron chi connectivity index (χ1n) is 11.2. The summed E-state index contributed by atoms with van der Waals surface area (Å²) in [5.74, 6) is -0.415. The fraction of sp³-hybridized carbons (Fsp3) is 0.200. The third-order valence-electron chi connectivity index (χ3n) is 5.41. The van der Waals surface area contributed by atoms with Crippen molar-refractivity contribution in [1.82, 2.24) is 24.5 Å². The van der Waals surface area contributed by atoms with Gasteiger partial charge in [0, 0.05) is 18.3 Å². The maximum absolute atomic E-state index is 13.2. The Bertz CT molecular complexity index is 1540. The third-order valence-corrected chi connectivity index (χ3v) is 6.64. The SMILES string of the molecule is CCn1cc(-c2ccc(C(=O)NS(=O)(=O)c3cccc(N)n3)c(Oc3c(C)cc(C)cc3C)n2)cn1. The molecule has 3 heterocycles. The number of amides is 1. The summed E-state index contributed by atoms with van der Waals surface area (Å²) >= 11 is 0. The zero-order chi connectivity index (χ0) is 26.0. The fourth-order valence-electron chi connectivity index (χ4n) is 3.75. The van der Waals surface area contributed by atoms with E-state index in [1.807, 2.05) is 50.7 Å². The lowest BCUT2D eigenvalue weighted by molar-refractivity contribution is 0.0978. The molecule has 0 saturated carbocycles. The van der Waals surface area contributed by atoms with Crippen molar-refractivity contribution in [3.8, 4) is 22.9 Å². The molecule has 1 amide bonds. The van der Waals surface area contributed by atoms with Gasteiger partial charge in [-0.1, -0.05) is 23.8 Å². The number of hydrogen-bond donors (Lipinski definition) is 2. The van der Waals surface area contributed by atoms with Crippen molar-refractivity contribution < 1.29 is 17.9 Å². The number of pyridine rings is 2. The van der Waals surface area contributed by atoms with Crippen molar-refractivity contribution >= 4 is 21.7 Å². The summed E-state index contributed by atoms with van der Waals surface area (Å²) in [5, 5.41) is 3.89. The van der Waals surface area contributed by atoms with Crippen molar-refractivity contribution in [1.29, 1.82) is 0 Å². The van der Waals surface area contributed by atoms with Crippen LogP contribution in [-0.4, -0.2) is 34.1 Å². The van der Waals surface area contributed by atoms with Gasteiger partial charge in [-0.05, 0) is 63.1 Å². The van der Waals surface area contributed by atoms with E-state index in [0.717, 1.165) is 22.3 Å². The molecule has 3 N–H and O–H groups in total. The molecule has 186 valence electrons. The second-order valence-corrected chi connectivity index (χ2v) is 9.93. The molecule has 0 fully saturated rings. The second kappa shape index (κ2) is 9.78. The number of anilines is 1. The monoisotopic (exact) mass is 506 g/mol. The Kier molecular flexibility index (Phi) is 6.75. The molecule has 11 heteroatoms. The van der Waals surface area contributed by atoms with Gasteiger partial charge in [0.05, 0.1) is 11.9 Å². The van der Waals surface area contributed by atoms with Crippen LogP contribution in [0.4, 0.5) is 5.82 Å². The smallest absolute Gasteiger partial charge is 0.281 e. The summed E-state index contributed by atoms with van der Waals surface area (Å²) in [7, 11) is -4.29. The molecule has 36 heavy (non-hydrogen) atoms. The van der Waals surface area contributed by atoms with Crippen molar-refractivity contribution in [3.05, 3.63) is 77.1 Å². The number of ether oxygens (including phenoxy) is 1. The van der Waals surface area contributed by atoms with Gasteiger partial charge in [0.1, 0.15) is 17.1 Å². The van der Waals surface area contributed by atoms with Crippen LogP contribution in [-0.2, 0) is 16.6 Å². The molecule has 0 radical (unpaired) electrons. The summed E-state index contributed by atoms with van der Waals surface area (Å²) in [6, 6.07) is 11.1. The fourth-order valence-corrected chi connectivity index (χ4v) is 4.70. The molecule has 4 aromatic rings. The van der Waals surface area contributed by atoms with E-state index < -0.39 is 15.9 Å². The highest BCUT2D eigenvalue weighted by atomic mass is 32.2. The summed E-state index contributed by atoms with van der Waals surface area (Å²) < 4.78 is 35.5. The van der Waals surface area contributed by atoms with Crippen LogP contribution in [0.15, 0.2) is 59.9 Å². The van der Waals surface area contributed by atoms with Crippen molar-refractivity contribution in [2.24, 2.45) is 0 Å². The average Bonchev–Trinajstić information content (AvgIpc) is 3.30. The number of aryl methyl sites for hydroxylation is 4. The number of benzene rings is 1. The summed E-state index contributed by atoms with van der Waals surface area (Å²) in [4.78, 5) is 21.5. The minimum Gasteiger partial charge on any atom is -0.438 e. The third kappa shape index (κ3) is 5.20. The van der Waals surface area contributed by atoms with Gasteiger partial charge in [-0.25, -0.2) is 14.7 Å². The largest absolute Gasteiger partial charge is 0.438 e. The molecule has 0 saturated heterocycles. The van der Waals surface area contributed by atoms with E-state index in [1.165, 1.54) is 24.3 Å². The molecular formula is C25H26N6O4S. The topological polar surface area (TPSA) is 142 Å². The van der Waals surface area contributed by atoms with Gasteiger partial charge < -0.3 is 10.5 Å². The van der Waals surface area contributed by atoms with Gasteiger partial charge in [0.25, 0.3) is 15.9 Å². The van der Waals surface area contributed by atoms with E-state index in [9.17, 15) is 13.2 Å². The van der Waals surface area contributed by atoms with E-state index in [2.05, 4.69) is 15.1 Å². The quantitative estimate of drug-likeness (QED) is 0.386. The molecule has 10 nitrogen and oxygen atoms in total. The van der Waals surface area contributed by atoms with Gasteiger partial charge >= 0.3 is 0 Å². The van der Waals surface area contributed by atoms with Crippen LogP contribution in [0.2, 0.25) is 0 Å². The van der Waals surface area contributed by atoms with E-state index in [4.69, 9.17) is 10.5 Å². The molecule has 0 spiro atoms. The van der Waals surface area contributed by atoms with Crippen molar-refractivity contribution in [2.75, 3.05) is 5.73 Å². The minimum atomic E-state index is -4.29. The van der Waals surface area contributed by atoms with Gasteiger partial charge in [-0.3, -0.25) is 9.48 Å².